The van der Waals surface area contributed by atoms with E-state index < -0.39 is 0 Å². The normalized spacial score (nSPS) is 21.9. The molecule has 80 valence electrons. The minimum atomic E-state index is -0.335. The van der Waals surface area contributed by atoms with Gasteiger partial charge in [0.2, 0.25) is 0 Å². The molecular weight excluding hydrogens is 184 g/mol. The molecule has 1 aliphatic rings. The Balaban J connectivity index is 2.15. The summed E-state index contributed by atoms with van der Waals surface area (Å²) in [5.41, 5.74) is 3.73. The van der Waals surface area contributed by atoms with Crippen molar-refractivity contribution in [3.63, 3.8) is 0 Å². The van der Waals surface area contributed by atoms with Crippen LogP contribution in [-0.2, 0) is 12.8 Å². The summed E-state index contributed by atoms with van der Waals surface area (Å²) in [5.74, 6) is 0.359. The summed E-state index contributed by atoms with van der Waals surface area (Å²) >= 11 is 0. The second-order valence-corrected chi connectivity index (χ2v) is 4.56. The summed E-state index contributed by atoms with van der Waals surface area (Å²) in [6.07, 6.45) is 2.82. The maximum absolute atomic E-state index is 9.98. The molecule has 1 heteroatoms. The molecule has 1 nitrogen and oxygen atoms in total. The van der Waals surface area contributed by atoms with Gasteiger partial charge in [-0.3, -0.25) is 0 Å². The molecule has 0 amide bonds. The van der Waals surface area contributed by atoms with E-state index in [9.17, 15) is 5.11 Å². The molecule has 0 aliphatic heterocycles. The summed E-state index contributed by atoms with van der Waals surface area (Å²) in [7, 11) is 0. The predicted molar refractivity (Wildman–Crippen MR) is 62.8 cm³/mol. The van der Waals surface area contributed by atoms with Gasteiger partial charge in [-0.1, -0.05) is 36.4 Å². The number of aryl methyl sites for hydroxylation is 1. The Hall–Kier alpha value is -1.08. The minimum Gasteiger partial charge on any atom is -0.388 e. The quantitative estimate of drug-likeness (QED) is 0.731. The van der Waals surface area contributed by atoms with Crippen LogP contribution in [0, 0.1) is 5.92 Å². The van der Waals surface area contributed by atoms with Crippen molar-refractivity contribution in [2.75, 3.05) is 0 Å². The van der Waals surface area contributed by atoms with Crippen molar-refractivity contribution >= 4 is 0 Å². The second-order valence-electron chi connectivity index (χ2n) is 4.56. The first-order valence-corrected chi connectivity index (χ1v) is 5.58. The molecule has 2 atom stereocenters. The van der Waals surface area contributed by atoms with Crippen molar-refractivity contribution in [2.24, 2.45) is 5.92 Å². The van der Waals surface area contributed by atoms with Gasteiger partial charge >= 0.3 is 0 Å². The van der Waals surface area contributed by atoms with Crippen LogP contribution in [-0.4, -0.2) is 11.2 Å². The topological polar surface area (TPSA) is 20.2 Å². The molecule has 0 fully saturated rings. The van der Waals surface area contributed by atoms with Gasteiger partial charge in [-0.25, -0.2) is 0 Å². The number of aliphatic hydroxyl groups excluding tert-OH is 1. The van der Waals surface area contributed by atoms with Crippen LogP contribution in [0.3, 0.4) is 0 Å². The lowest BCUT2D eigenvalue weighted by Gasteiger charge is -2.28. The SMILES string of the molecule is C=C(C)C(O)C1CCc2ccccc2C1. The zero-order chi connectivity index (χ0) is 10.8. The molecule has 1 aromatic rings. The molecule has 0 saturated heterocycles. The van der Waals surface area contributed by atoms with Gasteiger partial charge in [0, 0.05) is 0 Å². The Morgan fingerprint density at radius 1 is 1.40 bits per heavy atom. The molecule has 1 aliphatic carbocycles. The van der Waals surface area contributed by atoms with Crippen LogP contribution in [0.4, 0.5) is 0 Å². The first-order valence-electron chi connectivity index (χ1n) is 5.58. The van der Waals surface area contributed by atoms with E-state index in [1.54, 1.807) is 0 Å². The standard InChI is InChI=1S/C14H18O/c1-10(2)14(15)13-8-7-11-5-3-4-6-12(11)9-13/h3-6,13-15H,1,7-9H2,2H3. The number of rotatable bonds is 2. The Labute approximate surface area is 91.4 Å². The lowest BCUT2D eigenvalue weighted by molar-refractivity contribution is 0.132. The van der Waals surface area contributed by atoms with Crippen molar-refractivity contribution in [1.29, 1.82) is 0 Å². The Morgan fingerprint density at radius 2 is 2.07 bits per heavy atom. The number of benzene rings is 1. The fourth-order valence-corrected chi connectivity index (χ4v) is 2.40. The Kier molecular flexibility index (Phi) is 2.92. The number of hydrogen-bond acceptors (Lipinski definition) is 1. The van der Waals surface area contributed by atoms with Crippen molar-refractivity contribution < 1.29 is 5.11 Å². The third-order valence-electron chi connectivity index (χ3n) is 3.34. The molecule has 1 aromatic carbocycles. The fraction of sp³-hybridized carbons (Fsp3) is 0.429. The van der Waals surface area contributed by atoms with Crippen LogP contribution in [0.2, 0.25) is 0 Å². The molecule has 0 radical (unpaired) electrons. The number of aliphatic hydroxyl groups is 1. The van der Waals surface area contributed by atoms with E-state index in [2.05, 4.69) is 30.8 Å². The highest BCUT2D eigenvalue weighted by Gasteiger charge is 2.24. The highest BCUT2D eigenvalue weighted by Crippen LogP contribution is 2.29. The maximum atomic E-state index is 9.98. The van der Waals surface area contributed by atoms with Crippen LogP contribution in [0.1, 0.15) is 24.5 Å². The van der Waals surface area contributed by atoms with Crippen molar-refractivity contribution in [1.82, 2.24) is 0 Å². The summed E-state index contributed by atoms with van der Waals surface area (Å²) in [6, 6.07) is 8.54. The molecule has 0 aromatic heterocycles. The first kappa shape index (κ1) is 10.4. The molecule has 0 saturated carbocycles. The van der Waals surface area contributed by atoms with Gasteiger partial charge in [-0.05, 0) is 43.2 Å². The molecule has 15 heavy (non-hydrogen) atoms. The van der Waals surface area contributed by atoms with Crippen molar-refractivity contribution in [3.8, 4) is 0 Å². The average molecular weight is 202 g/mol. The summed E-state index contributed by atoms with van der Waals surface area (Å²) in [4.78, 5) is 0. The second kappa shape index (κ2) is 4.19. The lowest BCUT2D eigenvalue weighted by Crippen LogP contribution is -2.27. The van der Waals surface area contributed by atoms with Crippen LogP contribution in [0.25, 0.3) is 0 Å². The largest absolute Gasteiger partial charge is 0.388 e. The fourth-order valence-electron chi connectivity index (χ4n) is 2.40. The van der Waals surface area contributed by atoms with Gasteiger partial charge in [0.25, 0.3) is 0 Å². The molecule has 1 N–H and O–H groups in total. The van der Waals surface area contributed by atoms with Crippen LogP contribution in [0.15, 0.2) is 36.4 Å². The van der Waals surface area contributed by atoms with E-state index in [-0.39, 0.29) is 6.10 Å². The van der Waals surface area contributed by atoms with Crippen LogP contribution < -0.4 is 0 Å². The Morgan fingerprint density at radius 3 is 2.73 bits per heavy atom. The average Bonchev–Trinajstić information content (AvgIpc) is 2.27. The van der Waals surface area contributed by atoms with Gasteiger partial charge in [0.05, 0.1) is 6.10 Å². The summed E-state index contributed by atoms with van der Waals surface area (Å²) in [6.45, 7) is 5.74. The van der Waals surface area contributed by atoms with Gasteiger partial charge < -0.3 is 5.11 Å². The van der Waals surface area contributed by atoms with Crippen LogP contribution in [0.5, 0.6) is 0 Å². The van der Waals surface area contributed by atoms with E-state index in [0.29, 0.717) is 5.92 Å². The smallest absolute Gasteiger partial charge is 0.0776 e. The maximum Gasteiger partial charge on any atom is 0.0776 e. The molecule has 0 spiro atoms. The number of hydrogen-bond donors (Lipinski definition) is 1. The first-order chi connectivity index (χ1) is 7.18. The summed E-state index contributed by atoms with van der Waals surface area (Å²) in [5, 5.41) is 9.98. The lowest BCUT2D eigenvalue weighted by atomic mass is 9.79. The number of fused-ring (bicyclic) bond motifs is 1. The third-order valence-corrected chi connectivity index (χ3v) is 3.34. The van der Waals surface area contributed by atoms with Gasteiger partial charge in [-0.2, -0.15) is 0 Å². The zero-order valence-electron chi connectivity index (χ0n) is 9.24. The Bertz CT molecular complexity index is 367. The minimum absolute atomic E-state index is 0.335. The van der Waals surface area contributed by atoms with Crippen LogP contribution >= 0.6 is 0 Å². The third kappa shape index (κ3) is 2.13. The monoisotopic (exact) mass is 202 g/mol. The van der Waals surface area contributed by atoms with Crippen molar-refractivity contribution in [3.05, 3.63) is 47.5 Å². The highest BCUT2D eigenvalue weighted by atomic mass is 16.3. The highest BCUT2D eigenvalue weighted by molar-refractivity contribution is 5.30. The van der Waals surface area contributed by atoms with E-state index in [1.165, 1.54) is 11.1 Å². The molecule has 0 bridgehead atoms. The van der Waals surface area contributed by atoms with E-state index >= 15 is 0 Å². The van der Waals surface area contributed by atoms with E-state index in [1.807, 2.05) is 6.92 Å². The van der Waals surface area contributed by atoms with Gasteiger partial charge in [0.15, 0.2) is 0 Å². The van der Waals surface area contributed by atoms with Gasteiger partial charge in [0.1, 0.15) is 0 Å². The van der Waals surface area contributed by atoms with E-state index in [0.717, 1.165) is 24.8 Å². The molecular formula is C14H18O. The predicted octanol–water partition coefficient (Wildman–Crippen LogP) is 2.73. The van der Waals surface area contributed by atoms with E-state index in [4.69, 9.17) is 0 Å². The molecule has 0 heterocycles. The summed E-state index contributed by atoms with van der Waals surface area (Å²) < 4.78 is 0. The van der Waals surface area contributed by atoms with Crippen molar-refractivity contribution in [2.45, 2.75) is 32.3 Å². The molecule has 2 unspecified atom stereocenters. The zero-order valence-corrected chi connectivity index (χ0v) is 9.24. The molecule has 2 rings (SSSR count). The van der Waals surface area contributed by atoms with Gasteiger partial charge in [-0.15, -0.1) is 0 Å².